The van der Waals surface area contributed by atoms with Gasteiger partial charge >= 0.3 is 0 Å². The average Bonchev–Trinajstić information content (AvgIpc) is 2.85. The van der Waals surface area contributed by atoms with E-state index in [1.807, 2.05) is 13.8 Å². The number of nitrogens with zero attached hydrogens (tertiary/aromatic N) is 1. The van der Waals surface area contributed by atoms with E-state index in [1.54, 1.807) is 0 Å². The summed E-state index contributed by atoms with van der Waals surface area (Å²) in [6, 6.07) is 0. The zero-order valence-corrected chi connectivity index (χ0v) is 8.68. The molecule has 0 bridgehead atoms. The third-order valence-corrected chi connectivity index (χ3v) is 3.72. The minimum Gasteiger partial charge on any atom is -0.301 e. The normalized spacial score (nSPS) is 27.5. The van der Waals surface area contributed by atoms with E-state index in [0.29, 0.717) is 5.41 Å². The zero-order chi connectivity index (χ0) is 9.53. The van der Waals surface area contributed by atoms with E-state index in [2.05, 4.69) is 4.90 Å². The number of hydrogen-bond acceptors (Lipinski definition) is 2. The summed E-state index contributed by atoms with van der Waals surface area (Å²) in [4.78, 5) is 13.3. The van der Waals surface area contributed by atoms with E-state index < -0.39 is 0 Å². The van der Waals surface area contributed by atoms with Crippen molar-refractivity contribution in [1.29, 1.82) is 0 Å². The fraction of sp³-hybridized carbons (Fsp3) is 0.909. The Morgan fingerprint density at radius 2 is 2.00 bits per heavy atom. The molecule has 2 rings (SSSR count). The van der Waals surface area contributed by atoms with Crippen LogP contribution >= 0.6 is 0 Å². The summed E-state index contributed by atoms with van der Waals surface area (Å²) in [6.07, 6.45) is 6.53. The summed E-state index contributed by atoms with van der Waals surface area (Å²) >= 11 is 0. The highest BCUT2D eigenvalue weighted by atomic mass is 16.1. The maximum Gasteiger partial charge on any atom is 0.139 e. The molecule has 2 nitrogen and oxygen atoms in total. The van der Waals surface area contributed by atoms with Crippen LogP contribution in [0, 0.1) is 5.41 Å². The zero-order valence-electron chi connectivity index (χ0n) is 8.68. The molecule has 0 unspecified atom stereocenters. The molecule has 1 aliphatic heterocycles. The summed E-state index contributed by atoms with van der Waals surface area (Å²) in [5.41, 5.74) is 0.383. The number of rotatable bonds is 2. The van der Waals surface area contributed by atoms with Gasteiger partial charge in [-0.3, -0.25) is 4.90 Å². The van der Waals surface area contributed by atoms with Gasteiger partial charge in [0.2, 0.25) is 0 Å². The molecule has 0 N–H and O–H groups in total. The quantitative estimate of drug-likeness (QED) is 0.606. The second-order valence-electron chi connectivity index (χ2n) is 5.30. The fourth-order valence-corrected chi connectivity index (χ4v) is 2.36. The minimum atomic E-state index is -0.240. The Morgan fingerprint density at radius 3 is 2.54 bits per heavy atom. The molecule has 0 aromatic heterocycles. The van der Waals surface area contributed by atoms with Gasteiger partial charge in [-0.05, 0) is 51.5 Å². The Balaban J connectivity index is 2.03. The molecular weight excluding hydrogens is 162 g/mol. The standard InChI is InChI=1S/C11H19NO/c1-10(2,9-13)12-7-3-4-11(8-12)5-6-11/h9H,3-8H2,1-2H3. The summed E-state index contributed by atoms with van der Waals surface area (Å²) in [5, 5.41) is 0. The van der Waals surface area contributed by atoms with Crippen LogP contribution in [0.15, 0.2) is 0 Å². The molecule has 0 amide bonds. The van der Waals surface area contributed by atoms with Gasteiger partial charge in [0.05, 0.1) is 5.54 Å². The van der Waals surface area contributed by atoms with Gasteiger partial charge in [0.25, 0.3) is 0 Å². The van der Waals surface area contributed by atoms with Crippen LogP contribution < -0.4 is 0 Å². The van der Waals surface area contributed by atoms with Crippen molar-refractivity contribution in [2.24, 2.45) is 5.41 Å². The molecule has 2 fully saturated rings. The first-order valence-corrected chi connectivity index (χ1v) is 5.29. The van der Waals surface area contributed by atoms with Gasteiger partial charge in [-0.25, -0.2) is 0 Å². The number of carbonyl (C=O) groups is 1. The van der Waals surface area contributed by atoms with E-state index in [1.165, 1.54) is 25.7 Å². The topological polar surface area (TPSA) is 20.3 Å². The molecular formula is C11H19NO. The van der Waals surface area contributed by atoms with Gasteiger partial charge in [0.1, 0.15) is 6.29 Å². The first-order chi connectivity index (χ1) is 6.08. The van der Waals surface area contributed by atoms with E-state index in [9.17, 15) is 4.79 Å². The van der Waals surface area contributed by atoms with Gasteiger partial charge in [0, 0.05) is 6.54 Å². The minimum absolute atomic E-state index is 0.240. The Hall–Kier alpha value is -0.370. The van der Waals surface area contributed by atoms with Crippen LogP contribution in [0.4, 0.5) is 0 Å². The Kier molecular flexibility index (Phi) is 1.99. The van der Waals surface area contributed by atoms with E-state index in [0.717, 1.165) is 19.4 Å². The lowest BCUT2D eigenvalue weighted by molar-refractivity contribution is -0.118. The lowest BCUT2D eigenvalue weighted by Gasteiger charge is -2.40. The summed E-state index contributed by atoms with van der Waals surface area (Å²) in [6.45, 7) is 6.31. The average molecular weight is 181 g/mol. The Morgan fingerprint density at radius 1 is 1.31 bits per heavy atom. The van der Waals surface area contributed by atoms with E-state index in [-0.39, 0.29) is 5.54 Å². The molecule has 1 aliphatic carbocycles. The molecule has 0 atom stereocenters. The highest BCUT2D eigenvalue weighted by molar-refractivity contribution is 5.62. The van der Waals surface area contributed by atoms with Crippen LogP contribution in [0.3, 0.4) is 0 Å². The monoisotopic (exact) mass is 181 g/mol. The fourth-order valence-electron chi connectivity index (χ4n) is 2.36. The second kappa shape index (κ2) is 2.81. The lowest BCUT2D eigenvalue weighted by atomic mass is 9.91. The summed E-state index contributed by atoms with van der Waals surface area (Å²) in [7, 11) is 0. The Labute approximate surface area is 80.3 Å². The third kappa shape index (κ3) is 1.64. The maximum atomic E-state index is 10.9. The molecule has 2 aliphatic rings. The molecule has 0 aromatic rings. The summed E-state index contributed by atoms with van der Waals surface area (Å²) < 4.78 is 0. The molecule has 1 heterocycles. The van der Waals surface area contributed by atoms with Gasteiger partial charge in [-0.2, -0.15) is 0 Å². The van der Waals surface area contributed by atoms with Crippen molar-refractivity contribution in [2.75, 3.05) is 13.1 Å². The van der Waals surface area contributed by atoms with E-state index >= 15 is 0 Å². The van der Waals surface area contributed by atoms with E-state index in [4.69, 9.17) is 0 Å². The first kappa shape index (κ1) is 9.20. The number of likely N-dealkylation sites (tertiary alicyclic amines) is 1. The smallest absolute Gasteiger partial charge is 0.139 e. The van der Waals surface area contributed by atoms with Gasteiger partial charge in [-0.15, -0.1) is 0 Å². The summed E-state index contributed by atoms with van der Waals surface area (Å²) in [5.74, 6) is 0. The van der Waals surface area contributed by atoms with Gasteiger partial charge in [0.15, 0.2) is 0 Å². The van der Waals surface area contributed by atoms with Crippen molar-refractivity contribution in [1.82, 2.24) is 4.90 Å². The predicted molar refractivity (Wildman–Crippen MR) is 52.6 cm³/mol. The van der Waals surface area contributed by atoms with Crippen LogP contribution in [0.5, 0.6) is 0 Å². The largest absolute Gasteiger partial charge is 0.301 e. The van der Waals surface area contributed by atoms with Crippen molar-refractivity contribution in [3.63, 3.8) is 0 Å². The van der Waals surface area contributed by atoms with Crippen molar-refractivity contribution in [3.05, 3.63) is 0 Å². The molecule has 0 radical (unpaired) electrons. The van der Waals surface area contributed by atoms with Crippen LogP contribution in [-0.4, -0.2) is 29.8 Å². The second-order valence-corrected chi connectivity index (χ2v) is 5.30. The van der Waals surface area contributed by atoms with Crippen LogP contribution in [0.25, 0.3) is 0 Å². The molecule has 0 aromatic carbocycles. The number of aldehydes is 1. The lowest BCUT2D eigenvalue weighted by Crippen LogP contribution is -2.50. The molecule has 74 valence electrons. The van der Waals surface area contributed by atoms with Crippen molar-refractivity contribution < 1.29 is 4.79 Å². The number of carbonyl (C=O) groups excluding carboxylic acids is 1. The third-order valence-electron chi connectivity index (χ3n) is 3.72. The van der Waals surface area contributed by atoms with Crippen LogP contribution in [-0.2, 0) is 4.79 Å². The number of piperidine rings is 1. The van der Waals surface area contributed by atoms with Gasteiger partial charge < -0.3 is 4.79 Å². The van der Waals surface area contributed by atoms with Crippen LogP contribution in [0.2, 0.25) is 0 Å². The van der Waals surface area contributed by atoms with Crippen LogP contribution in [0.1, 0.15) is 39.5 Å². The van der Waals surface area contributed by atoms with Gasteiger partial charge in [-0.1, -0.05) is 0 Å². The van der Waals surface area contributed by atoms with Crippen molar-refractivity contribution in [2.45, 2.75) is 45.1 Å². The van der Waals surface area contributed by atoms with Crippen molar-refractivity contribution in [3.8, 4) is 0 Å². The Bertz CT molecular complexity index is 218. The number of hydrogen-bond donors (Lipinski definition) is 0. The van der Waals surface area contributed by atoms with Crippen molar-refractivity contribution >= 4 is 6.29 Å². The SMILES string of the molecule is CC(C)(C=O)N1CCCC2(CC2)C1. The first-order valence-electron chi connectivity index (χ1n) is 5.29. The molecule has 1 saturated carbocycles. The maximum absolute atomic E-state index is 10.9. The molecule has 1 saturated heterocycles. The highest BCUT2D eigenvalue weighted by Crippen LogP contribution is 2.52. The molecule has 2 heteroatoms. The predicted octanol–water partition coefficient (Wildman–Crippen LogP) is 1.84. The highest BCUT2D eigenvalue weighted by Gasteiger charge is 2.47. The molecule has 13 heavy (non-hydrogen) atoms. The molecule has 1 spiro atoms.